The van der Waals surface area contributed by atoms with Gasteiger partial charge in [0.2, 0.25) is 5.12 Å². The lowest BCUT2D eigenvalue weighted by atomic mass is 10.0. The molecule has 0 radical (unpaired) electrons. The van der Waals surface area contributed by atoms with Crippen LogP contribution in [0.25, 0.3) is 0 Å². The third-order valence-electron chi connectivity index (χ3n) is 5.35. The number of sulfone groups is 1. The molecular weight excluding hydrogens is 484 g/mol. The number of carbonyl (C=O) groups is 1. The van der Waals surface area contributed by atoms with Crippen LogP contribution < -0.4 is 0 Å². The van der Waals surface area contributed by atoms with E-state index in [4.69, 9.17) is 0 Å². The van der Waals surface area contributed by atoms with Crippen LogP contribution in [0.15, 0.2) is 82.8 Å². The third kappa shape index (κ3) is 4.92. The summed E-state index contributed by atoms with van der Waals surface area (Å²) in [5, 5.41) is 17.0. The van der Waals surface area contributed by atoms with Crippen molar-refractivity contribution in [3.05, 3.63) is 89.7 Å². The maximum Gasteiger partial charge on any atom is 0.253 e. The Labute approximate surface area is 202 Å². The number of nitrogens with zero attached hydrogens (tertiary/aromatic N) is 2. The Bertz CT molecular complexity index is 1240. The van der Waals surface area contributed by atoms with Crippen LogP contribution in [0.3, 0.4) is 0 Å². The van der Waals surface area contributed by atoms with E-state index >= 15 is 0 Å². The Hall–Kier alpha value is -2.43. The molecule has 2 N–H and O–H groups in total. The first-order chi connectivity index (χ1) is 15.2. The number of hydrogen-bond donors (Lipinski definition) is 2. The van der Waals surface area contributed by atoms with Gasteiger partial charge in [-0.05, 0) is 42.3 Å². The van der Waals surface area contributed by atoms with E-state index in [9.17, 15) is 23.4 Å². The molecular formula is C23H23ClN2O5S2. The second-order valence-corrected chi connectivity index (χ2v) is 10.8. The number of fused-ring (bicyclic) bond motifs is 1. The number of aromatic nitrogens is 1. The highest BCUT2D eigenvalue weighted by Gasteiger charge is 2.54. The molecule has 33 heavy (non-hydrogen) atoms. The number of rotatable bonds is 6. The second-order valence-electron chi connectivity index (χ2n) is 7.55. The van der Waals surface area contributed by atoms with Gasteiger partial charge >= 0.3 is 0 Å². The maximum atomic E-state index is 13.4. The summed E-state index contributed by atoms with van der Waals surface area (Å²) in [6, 6.07) is 16.1. The first kappa shape index (κ1) is 25.2. The van der Waals surface area contributed by atoms with Gasteiger partial charge < -0.3 is 15.1 Å². The highest BCUT2D eigenvalue weighted by atomic mass is 35.5. The number of benzene rings is 2. The lowest BCUT2D eigenvalue weighted by molar-refractivity contribution is -0.0754. The smallest absolute Gasteiger partial charge is 0.253 e. The van der Waals surface area contributed by atoms with E-state index in [1.54, 1.807) is 49.8 Å². The molecule has 1 aliphatic rings. The van der Waals surface area contributed by atoms with Crippen molar-refractivity contribution in [2.45, 2.75) is 26.6 Å². The fourth-order valence-corrected chi connectivity index (χ4v) is 7.16. The molecule has 1 aromatic heterocycles. The summed E-state index contributed by atoms with van der Waals surface area (Å²) < 4.78 is 26.8. The zero-order chi connectivity index (χ0) is 22.9. The topological polar surface area (TPSA) is 108 Å². The molecule has 0 saturated heterocycles. The second kappa shape index (κ2) is 9.82. The van der Waals surface area contributed by atoms with Gasteiger partial charge in [0.25, 0.3) is 5.91 Å². The molecule has 1 unspecified atom stereocenters. The normalized spacial score (nSPS) is 16.5. The number of likely N-dealkylation sites (N-methyl/N-ethyl adjacent to an activating group) is 1. The van der Waals surface area contributed by atoms with Gasteiger partial charge in [-0.1, -0.05) is 42.1 Å². The molecule has 2 aromatic carbocycles. The largest absolute Gasteiger partial charge is 0.356 e. The molecule has 0 spiro atoms. The van der Waals surface area contributed by atoms with Crippen LogP contribution >= 0.6 is 24.2 Å². The van der Waals surface area contributed by atoms with Crippen LogP contribution in [0.5, 0.6) is 0 Å². The van der Waals surface area contributed by atoms with Crippen LogP contribution in [-0.2, 0) is 16.3 Å². The Kier molecular flexibility index (Phi) is 7.50. The average Bonchev–Trinajstić information content (AvgIpc) is 3.08. The summed E-state index contributed by atoms with van der Waals surface area (Å²) in [4.78, 5) is 19.2. The quantitative estimate of drug-likeness (QED) is 0.494. The van der Waals surface area contributed by atoms with Gasteiger partial charge in [-0.2, -0.15) is 0 Å². The highest BCUT2D eigenvalue weighted by molar-refractivity contribution is 8.02. The van der Waals surface area contributed by atoms with Gasteiger partial charge in [-0.15, -0.1) is 12.4 Å². The van der Waals surface area contributed by atoms with Crippen LogP contribution in [0.4, 0.5) is 0 Å². The Morgan fingerprint density at radius 3 is 2.48 bits per heavy atom. The minimum Gasteiger partial charge on any atom is -0.356 e. The summed E-state index contributed by atoms with van der Waals surface area (Å²) in [5.41, 5.74) is 1.22. The zero-order valence-corrected chi connectivity index (χ0v) is 20.1. The zero-order valence-electron chi connectivity index (χ0n) is 17.7. The lowest BCUT2D eigenvalue weighted by Gasteiger charge is -2.25. The number of hydrogen-bond acceptors (Lipinski definition) is 7. The maximum absolute atomic E-state index is 13.4. The molecule has 1 aliphatic heterocycles. The van der Waals surface area contributed by atoms with E-state index in [0.29, 0.717) is 29.6 Å². The molecule has 10 heteroatoms. The molecule has 2 heterocycles. The molecule has 0 fully saturated rings. The number of halogens is 1. The minimum absolute atomic E-state index is 0. The number of amides is 1. The van der Waals surface area contributed by atoms with Crippen molar-refractivity contribution in [2.75, 3.05) is 13.6 Å². The van der Waals surface area contributed by atoms with E-state index in [-0.39, 0.29) is 28.4 Å². The number of carbonyl (C=O) groups excluding carboxylic acids is 1. The fraction of sp³-hybridized carbons (Fsp3) is 0.217. The van der Waals surface area contributed by atoms with Gasteiger partial charge in [0.05, 0.1) is 4.90 Å². The van der Waals surface area contributed by atoms with Crippen molar-refractivity contribution < 1.29 is 23.4 Å². The van der Waals surface area contributed by atoms with Crippen LogP contribution in [0.2, 0.25) is 0 Å². The van der Waals surface area contributed by atoms with E-state index in [1.807, 2.05) is 12.1 Å². The molecule has 0 saturated carbocycles. The standard InChI is InChI=1S/C23H22N2O5S2.ClH/c1-25(14-12-16-7-6-13-24-15-16)22(26)18-10-5-11-19-20(18)21(23(27,28)31-19)32(29,30)17-8-3-2-4-9-17;/h2-11,13,15,21,27-28H,12,14H2,1H3;1H. The number of pyridine rings is 1. The number of thioether (sulfide) groups is 1. The Balaban J connectivity index is 0.00000306. The molecule has 1 amide bonds. The van der Waals surface area contributed by atoms with Crippen molar-refractivity contribution in [2.24, 2.45) is 0 Å². The van der Waals surface area contributed by atoms with Crippen LogP contribution in [-0.4, -0.2) is 53.1 Å². The molecule has 4 rings (SSSR count). The van der Waals surface area contributed by atoms with E-state index in [0.717, 1.165) is 5.56 Å². The SMILES string of the molecule is CN(CCc1cccnc1)C(=O)c1cccc2c1C(S(=O)(=O)c1ccccc1)C(O)(O)S2.Cl. The molecule has 0 bridgehead atoms. The first-order valence-electron chi connectivity index (χ1n) is 9.92. The molecule has 7 nitrogen and oxygen atoms in total. The van der Waals surface area contributed by atoms with Crippen LogP contribution in [0.1, 0.15) is 26.7 Å². The summed E-state index contributed by atoms with van der Waals surface area (Å²) in [5.74, 6) is -0.391. The average molecular weight is 507 g/mol. The van der Waals surface area contributed by atoms with Crippen molar-refractivity contribution >= 4 is 39.9 Å². The lowest BCUT2D eigenvalue weighted by Crippen LogP contribution is -2.36. The Morgan fingerprint density at radius 1 is 1.09 bits per heavy atom. The van der Waals surface area contributed by atoms with Crippen molar-refractivity contribution in [1.29, 1.82) is 0 Å². The predicted octanol–water partition coefficient (Wildman–Crippen LogP) is 3.08. The fourth-order valence-electron chi connectivity index (χ4n) is 3.75. The summed E-state index contributed by atoms with van der Waals surface area (Å²) in [6.07, 6.45) is 3.98. The van der Waals surface area contributed by atoms with Gasteiger partial charge in [-0.3, -0.25) is 9.78 Å². The monoisotopic (exact) mass is 506 g/mol. The van der Waals surface area contributed by atoms with Gasteiger partial charge in [0.15, 0.2) is 15.1 Å². The van der Waals surface area contributed by atoms with Crippen molar-refractivity contribution in [3.8, 4) is 0 Å². The summed E-state index contributed by atoms with van der Waals surface area (Å²) in [7, 11) is -2.57. The molecule has 174 valence electrons. The summed E-state index contributed by atoms with van der Waals surface area (Å²) in [6.45, 7) is 0.390. The van der Waals surface area contributed by atoms with Crippen molar-refractivity contribution in [1.82, 2.24) is 9.88 Å². The van der Waals surface area contributed by atoms with E-state index in [2.05, 4.69) is 4.98 Å². The number of aliphatic hydroxyl groups is 2. The predicted molar refractivity (Wildman–Crippen MR) is 128 cm³/mol. The summed E-state index contributed by atoms with van der Waals surface area (Å²) >= 11 is 0.629. The third-order valence-corrected chi connectivity index (χ3v) is 8.72. The molecule has 1 atom stereocenters. The Morgan fingerprint density at radius 2 is 1.82 bits per heavy atom. The van der Waals surface area contributed by atoms with Gasteiger partial charge in [0, 0.05) is 42.0 Å². The van der Waals surface area contributed by atoms with E-state index < -0.39 is 26.1 Å². The van der Waals surface area contributed by atoms with Crippen LogP contribution in [0, 0.1) is 0 Å². The van der Waals surface area contributed by atoms with Crippen molar-refractivity contribution in [3.63, 3.8) is 0 Å². The molecule has 3 aromatic rings. The van der Waals surface area contributed by atoms with Gasteiger partial charge in [-0.25, -0.2) is 8.42 Å². The minimum atomic E-state index is -4.20. The first-order valence-corrected chi connectivity index (χ1v) is 12.3. The molecule has 0 aliphatic carbocycles. The van der Waals surface area contributed by atoms with E-state index in [1.165, 1.54) is 23.1 Å². The highest BCUT2D eigenvalue weighted by Crippen LogP contribution is 2.55. The van der Waals surface area contributed by atoms with Gasteiger partial charge in [0.1, 0.15) is 0 Å².